The number of benzene rings is 2. The van der Waals surface area contributed by atoms with Crippen LogP contribution in [0.4, 0.5) is 5.69 Å². The number of hydrogen-bond acceptors (Lipinski definition) is 6. The van der Waals surface area contributed by atoms with E-state index in [1.54, 1.807) is 11.7 Å². The van der Waals surface area contributed by atoms with Crippen molar-refractivity contribution in [3.05, 3.63) is 71.0 Å². The van der Waals surface area contributed by atoms with Crippen LogP contribution in [0.25, 0.3) is 11.1 Å². The van der Waals surface area contributed by atoms with Crippen molar-refractivity contribution in [2.45, 2.75) is 40.2 Å². The summed E-state index contributed by atoms with van der Waals surface area (Å²) in [5.74, 6) is 0.348. The van der Waals surface area contributed by atoms with E-state index in [1.165, 1.54) is 0 Å². The Morgan fingerprint density at radius 1 is 1.05 bits per heavy atom. The molecule has 9 nitrogen and oxygen atoms in total. The van der Waals surface area contributed by atoms with Crippen LogP contribution >= 0.6 is 0 Å². The molecule has 222 valence electrons. The lowest BCUT2D eigenvalue weighted by atomic mass is 10.00. The van der Waals surface area contributed by atoms with Gasteiger partial charge in [0.2, 0.25) is 0 Å². The topological polar surface area (TPSA) is 108 Å². The fourth-order valence-electron chi connectivity index (χ4n) is 4.81. The van der Waals surface area contributed by atoms with E-state index in [2.05, 4.69) is 26.9 Å². The van der Waals surface area contributed by atoms with E-state index in [-0.39, 0.29) is 24.5 Å². The van der Waals surface area contributed by atoms with Crippen molar-refractivity contribution in [3.8, 4) is 16.9 Å². The number of nitrogens with one attached hydrogen (secondary N) is 3. The predicted molar refractivity (Wildman–Crippen MR) is 165 cm³/mol. The molecule has 1 fully saturated rings. The number of carbonyl (C=O) groups excluding carboxylic acids is 2. The number of aryl methyl sites for hydroxylation is 2. The van der Waals surface area contributed by atoms with E-state index >= 15 is 0 Å². The van der Waals surface area contributed by atoms with Gasteiger partial charge in [0.15, 0.2) is 0 Å². The normalized spacial score (nSPS) is 13.6. The standard InChI is InChI=1S/C30H39N5O4.C2H6/c1-20-6-7-25(35-11-9-31-10-12-35)18-27(20)29(37)33-21(2)22-14-23(16-26(15-22)39-4)24-17-28(34(3)19-24)30(38)32-8-5-13-36;1-2/h6-7,14-19,21,31,36H,5,8-13H2,1-4H3,(H,32,38)(H,33,37);1-2H3. The van der Waals surface area contributed by atoms with Crippen LogP contribution in [0.2, 0.25) is 0 Å². The Labute approximate surface area is 243 Å². The van der Waals surface area contributed by atoms with Crippen LogP contribution in [0, 0.1) is 6.92 Å². The Kier molecular flexibility index (Phi) is 11.8. The van der Waals surface area contributed by atoms with Crippen molar-refractivity contribution in [3.63, 3.8) is 0 Å². The molecule has 0 spiro atoms. The summed E-state index contributed by atoms with van der Waals surface area (Å²) in [6, 6.07) is 13.5. The third-order valence-electron chi connectivity index (χ3n) is 7.15. The van der Waals surface area contributed by atoms with Crippen LogP contribution in [-0.4, -0.2) is 67.9 Å². The summed E-state index contributed by atoms with van der Waals surface area (Å²) in [7, 11) is 3.44. The average Bonchev–Trinajstić information content (AvgIpc) is 3.40. The molecule has 3 aromatic rings. The van der Waals surface area contributed by atoms with Crippen LogP contribution in [0.1, 0.15) is 65.2 Å². The Hall–Kier alpha value is -3.82. The third-order valence-corrected chi connectivity index (χ3v) is 7.15. The van der Waals surface area contributed by atoms with E-state index < -0.39 is 0 Å². The number of ether oxygens (including phenoxy) is 1. The Bertz CT molecular complexity index is 1310. The molecule has 2 amide bonds. The molecule has 41 heavy (non-hydrogen) atoms. The van der Waals surface area contributed by atoms with Crippen LogP contribution < -0.4 is 25.6 Å². The number of anilines is 1. The molecule has 1 unspecified atom stereocenters. The molecular formula is C32H45N5O4. The van der Waals surface area contributed by atoms with Gasteiger partial charge >= 0.3 is 0 Å². The minimum absolute atomic E-state index is 0.0289. The van der Waals surface area contributed by atoms with Gasteiger partial charge in [-0.25, -0.2) is 0 Å². The molecular weight excluding hydrogens is 518 g/mol. The first-order chi connectivity index (χ1) is 19.8. The van der Waals surface area contributed by atoms with Crippen LogP contribution in [0.3, 0.4) is 0 Å². The molecule has 1 aliphatic rings. The Balaban J connectivity index is 0.00000226. The molecule has 4 N–H and O–H groups in total. The second-order valence-corrected chi connectivity index (χ2v) is 9.98. The number of nitrogens with zero attached hydrogens (tertiary/aromatic N) is 2. The highest BCUT2D eigenvalue weighted by Crippen LogP contribution is 2.30. The van der Waals surface area contributed by atoms with Gasteiger partial charge in [0.05, 0.1) is 13.2 Å². The van der Waals surface area contributed by atoms with Crippen molar-refractivity contribution in [1.29, 1.82) is 0 Å². The number of aromatic nitrogens is 1. The van der Waals surface area contributed by atoms with Gasteiger partial charge in [-0.15, -0.1) is 0 Å². The molecule has 1 aliphatic heterocycles. The molecule has 0 bridgehead atoms. The van der Waals surface area contributed by atoms with Crippen molar-refractivity contribution in [2.75, 3.05) is 51.3 Å². The number of methoxy groups -OCH3 is 1. The summed E-state index contributed by atoms with van der Waals surface area (Å²) in [5, 5.41) is 18.3. The maximum atomic E-state index is 13.4. The zero-order valence-electron chi connectivity index (χ0n) is 25.2. The van der Waals surface area contributed by atoms with Gasteiger partial charge in [0, 0.05) is 69.4 Å². The molecule has 1 saturated heterocycles. The maximum Gasteiger partial charge on any atom is 0.267 e. The summed E-state index contributed by atoms with van der Waals surface area (Å²) in [4.78, 5) is 28.3. The zero-order chi connectivity index (χ0) is 29.9. The fraction of sp³-hybridized carbons (Fsp3) is 0.438. The smallest absolute Gasteiger partial charge is 0.267 e. The number of piperazine rings is 1. The number of aliphatic hydroxyl groups excluding tert-OH is 1. The second-order valence-electron chi connectivity index (χ2n) is 9.98. The first-order valence-electron chi connectivity index (χ1n) is 14.4. The number of aliphatic hydroxyl groups is 1. The predicted octanol–water partition coefficient (Wildman–Crippen LogP) is 4.05. The average molecular weight is 564 g/mol. The number of hydrogen-bond donors (Lipinski definition) is 4. The third kappa shape index (κ3) is 8.11. The summed E-state index contributed by atoms with van der Waals surface area (Å²) >= 11 is 0. The number of carbonyl (C=O) groups is 2. The van der Waals surface area contributed by atoms with Gasteiger partial charge < -0.3 is 35.3 Å². The van der Waals surface area contributed by atoms with Crippen molar-refractivity contribution in [1.82, 2.24) is 20.5 Å². The van der Waals surface area contributed by atoms with E-state index in [0.29, 0.717) is 30.0 Å². The quantitative estimate of drug-likeness (QED) is 0.277. The maximum absolute atomic E-state index is 13.4. The summed E-state index contributed by atoms with van der Waals surface area (Å²) in [6.07, 6.45) is 2.40. The largest absolute Gasteiger partial charge is 0.497 e. The Morgan fingerprint density at radius 2 is 1.78 bits per heavy atom. The van der Waals surface area contributed by atoms with Gasteiger partial charge in [0.25, 0.3) is 11.8 Å². The van der Waals surface area contributed by atoms with Gasteiger partial charge in [0.1, 0.15) is 11.4 Å². The van der Waals surface area contributed by atoms with E-state index in [1.807, 2.05) is 77.3 Å². The zero-order valence-corrected chi connectivity index (χ0v) is 25.2. The van der Waals surface area contributed by atoms with Gasteiger partial charge in [-0.1, -0.05) is 19.9 Å². The highest BCUT2D eigenvalue weighted by molar-refractivity contribution is 5.97. The Morgan fingerprint density at radius 3 is 2.46 bits per heavy atom. The van der Waals surface area contributed by atoms with Gasteiger partial charge in [-0.05, 0) is 73.4 Å². The van der Waals surface area contributed by atoms with Crippen LogP contribution in [0.15, 0.2) is 48.7 Å². The lowest BCUT2D eigenvalue weighted by Gasteiger charge is -2.30. The summed E-state index contributed by atoms with van der Waals surface area (Å²) in [5.41, 5.74) is 5.82. The van der Waals surface area contributed by atoms with Crippen molar-refractivity contribution in [2.24, 2.45) is 7.05 Å². The second kappa shape index (κ2) is 15.3. The van der Waals surface area contributed by atoms with E-state index in [4.69, 9.17) is 9.84 Å². The van der Waals surface area contributed by atoms with E-state index in [9.17, 15) is 9.59 Å². The number of amides is 2. The molecule has 4 rings (SSSR count). The molecule has 1 atom stereocenters. The molecule has 2 heterocycles. The lowest BCUT2D eigenvalue weighted by molar-refractivity contribution is 0.0932. The van der Waals surface area contributed by atoms with Crippen LogP contribution in [-0.2, 0) is 7.05 Å². The first-order valence-corrected chi connectivity index (χ1v) is 14.4. The fourth-order valence-corrected chi connectivity index (χ4v) is 4.81. The van der Waals surface area contributed by atoms with E-state index in [0.717, 1.165) is 54.1 Å². The minimum atomic E-state index is -0.279. The SMILES string of the molecule is CC.COc1cc(-c2cc(C(=O)NCCCO)n(C)c2)cc(C(C)NC(=O)c2cc(N3CCNCC3)ccc2C)c1. The minimum Gasteiger partial charge on any atom is -0.497 e. The summed E-state index contributed by atoms with van der Waals surface area (Å²) in [6.45, 7) is 12.0. The molecule has 2 aromatic carbocycles. The number of rotatable bonds is 10. The summed E-state index contributed by atoms with van der Waals surface area (Å²) < 4.78 is 7.36. The van der Waals surface area contributed by atoms with Crippen molar-refractivity contribution < 1.29 is 19.4 Å². The molecule has 0 radical (unpaired) electrons. The molecule has 1 aromatic heterocycles. The van der Waals surface area contributed by atoms with Gasteiger partial charge in [-0.3, -0.25) is 9.59 Å². The monoisotopic (exact) mass is 563 g/mol. The van der Waals surface area contributed by atoms with Crippen molar-refractivity contribution >= 4 is 17.5 Å². The first kappa shape index (κ1) is 31.7. The van der Waals surface area contributed by atoms with Gasteiger partial charge in [-0.2, -0.15) is 0 Å². The lowest BCUT2D eigenvalue weighted by Crippen LogP contribution is -2.43. The molecule has 9 heteroatoms. The van der Waals surface area contributed by atoms with Crippen LogP contribution in [0.5, 0.6) is 5.75 Å². The molecule has 0 saturated carbocycles. The highest BCUT2D eigenvalue weighted by Gasteiger charge is 2.19. The highest BCUT2D eigenvalue weighted by atomic mass is 16.5. The molecule has 0 aliphatic carbocycles.